The molecule has 0 saturated carbocycles. The Morgan fingerprint density at radius 3 is 2.40 bits per heavy atom. The van der Waals surface area contributed by atoms with Crippen LogP contribution >= 0.6 is 0 Å². The number of nitrogens with one attached hydrogen (secondary N) is 1. The van der Waals surface area contributed by atoms with Crippen molar-refractivity contribution in [2.75, 3.05) is 6.54 Å². The summed E-state index contributed by atoms with van der Waals surface area (Å²) < 4.78 is 51.0. The number of hydrogen-bond donors (Lipinski definition) is 1. The molecular weight excluding hydrogens is 276 g/mol. The van der Waals surface area contributed by atoms with Crippen LogP contribution in [0, 0.1) is 5.92 Å². The number of hydrogen-bond acceptors (Lipinski definition) is 2. The topological polar surface area (TPSA) is 32.3 Å². The van der Waals surface area contributed by atoms with E-state index in [0.29, 0.717) is 19.3 Å². The van der Waals surface area contributed by atoms with Gasteiger partial charge in [-0.2, -0.15) is 8.78 Å². The second kappa shape index (κ2) is 6.74. The van der Waals surface area contributed by atoms with Gasteiger partial charge in [-0.05, 0) is 18.8 Å². The van der Waals surface area contributed by atoms with Crippen molar-refractivity contribution in [1.29, 1.82) is 0 Å². The molecule has 0 aromatic rings. The van der Waals surface area contributed by atoms with E-state index in [1.165, 1.54) is 0 Å². The lowest BCUT2D eigenvalue weighted by Gasteiger charge is -2.27. The Labute approximate surface area is 116 Å². The van der Waals surface area contributed by atoms with Crippen LogP contribution in [0.25, 0.3) is 0 Å². The Morgan fingerprint density at radius 2 is 1.95 bits per heavy atom. The van der Waals surface area contributed by atoms with Crippen LogP contribution in [0.2, 0.25) is 0 Å². The molecule has 1 amide bonds. The summed E-state index contributed by atoms with van der Waals surface area (Å²) in [6.07, 6.45) is -2.69. The van der Waals surface area contributed by atoms with Crippen molar-refractivity contribution in [3.05, 3.63) is 0 Å². The number of alkyl halides is 4. The van der Waals surface area contributed by atoms with E-state index in [2.05, 4.69) is 5.32 Å². The lowest BCUT2D eigenvalue weighted by molar-refractivity contribution is -0.157. The molecule has 20 heavy (non-hydrogen) atoms. The van der Waals surface area contributed by atoms with E-state index >= 15 is 0 Å². The molecule has 2 unspecified atom stereocenters. The number of carbonyl (C=O) groups is 1. The first-order chi connectivity index (χ1) is 9.19. The van der Waals surface area contributed by atoms with Gasteiger partial charge >= 0.3 is 12.3 Å². The molecule has 0 aliphatic carbocycles. The molecule has 0 spiro atoms. The smallest absolute Gasteiger partial charge is 0.320 e. The zero-order chi connectivity index (χ0) is 15.5. The van der Waals surface area contributed by atoms with Crippen molar-refractivity contribution in [3.8, 4) is 0 Å². The minimum absolute atomic E-state index is 0.217. The number of nitrogens with zero attached hydrogens (tertiary/aromatic N) is 1. The van der Waals surface area contributed by atoms with E-state index in [1.807, 2.05) is 20.8 Å². The Hall–Kier alpha value is -0.850. The van der Waals surface area contributed by atoms with E-state index in [4.69, 9.17) is 0 Å². The molecular formula is C13H22F4N2O. The fourth-order valence-corrected chi connectivity index (χ4v) is 2.38. The van der Waals surface area contributed by atoms with Crippen molar-refractivity contribution in [2.24, 2.45) is 5.92 Å². The third-order valence-electron chi connectivity index (χ3n) is 3.32. The van der Waals surface area contributed by atoms with Gasteiger partial charge in [-0.15, -0.1) is 0 Å². The van der Waals surface area contributed by atoms with Crippen molar-refractivity contribution in [3.63, 3.8) is 0 Å². The van der Waals surface area contributed by atoms with E-state index in [1.54, 1.807) is 0 Å². The van der Waals surface area contributed by atoms with Gasteiger partial charge in [0.05, 0.1) is 18.8 Å². The van der Waals surface area contributed by atoms with Gasteiger partial charge in [0.15, 0.2) is 0 Å². The van der Waals surface area contributed by atoms with E-state index in [-0.39, 0.29) is 5.92 Å². The first-order valence-corrected chi connectivity index (χ1v) is 6.91. The molecule has 7 heteroatoms. The summed E-state index contributed by atoms with van der Waals surface area (Å²) in [6.45, 7) is 4.46. The molecule has 118 valence electrons. The quantitative estimate of drug-likeness (QED) is 0.733. The average Bonchev–Trinajstić information content (AvgIpc) is 2.57. The molecule has 1 fully saturated rings. The minimum atomic E-state index is -4.17. The summed E-state index contributed by atoms with van der Waals surface area (Å²) in [5, 5.41) is 2.98. The zero-order valence-corrected chi connectivity index (χ0v) is 12.0. The molecule has 0 aromatic heterocycles. The number of halogens is 4. The van der Waals surface area contributed by atoms with E-state index < -0.39 is 37.0 Å². The van der Waals surface area contributed by atoms with Gasteiger partial charge in [-0.1, -0.05) is 27.2 Å². The SMILES string of the molecule is CCCC1NC(CC(C)C)C(=O)N1CC(F)(F)C(F)F. The van der Waals surface area contributed by atoms with Gasteiger partial charge in [0.25, 0.3) is 0 Å². The highest BCUT2D eigenvalue weighted by atomic mass is 19.3. The van der Waals surface area contributed by atoms with Crippen LogP contribution in [0.1, 0.15) is 40.0 Å². The number of amides is 1. The van der Waals surface area contributed by atoms with Crippen molar-refractivity contribution in [2.45, 2.75) is 64.6 Å². The molecule has 1 aliphatic rings. The summed E-state index contributed by atoms with van der Waals surface area (Å²) in [5.74, 6) is -4.46. The van der Waals surface area contributed by atoms with Gasteiger partial charge in [0.1, 0.15) is 0 Å². The van der Waals surface area contributed by atoms with Crippen molar-refractivity contribution >= 4 is 5.91 Å². The molecule has 1 rings (SSSR count). The number of carbonyl (C=O) groups excluding carboxylic acids is 1. The average molecular weight is 298 g/mol. The maximum atomic E-state index is 13.2. The van der Waals surface area contributed by atoms with Crippen molar-refractivity contribution < 1.29 is 22.4 Å². The minimum Gasteiger partial charge on any atom is -0.320 e. The highest BCUT2D eigenvalue weighted by Crippen LogP contribution is 2.28. The molecule has 0 aromatic carbocycles. The first kappa shape index (κ1) is 17.2. The molecule has 1 saturated heterocycles. The van der Waals surface area contributed by atoms with Crippen LogP contribution < -0.4 is 5.32 Å². The largest absolute Gasteiger partial charge is 0.324 e. The Morgan fingerprint density at radius 1 is 1.35 bits per heavy atom. The maximum Gasteiger partial charge on any atom is 0.324 e. The fourth-order valence-electron chi connectivity index (χ4n) is 2.38. The third kappa shape index (κ3) is 4.07. The molecule has 0 bridgehead atoms. The monoisotopic (exact) mass is 298 g/mol. The van der Waals surface area contributed by atoms with Gasteiger partial charge in [0.2, 0.25) is 5.91 Å². The van der Waals surface area contributed by atoms with E-state index in [9.17, 15) is 22.4 Å². The van der Waals surface area contributed by atoms with E-state index in [0.717, 1.165) is 4.90 Å². The van der Waals surface area contributed by atoms with Gasteiger partial charge < -0.3 is 4.90 Å². The second-order valence-corrected chi connectivity index (χ2v) is 5.68. The Bertz CT molecular complexity index is 336. The summed E-state index contributed by atoms with van der Waals surface area (Å²) in [6, 6.07) is -0.556. The summed E-state index contributed by atoms with van der Waals surface area (Å²) >= 11 is 0. The van der Waals surface area contributed by atoms with Crippen LogP contribution in [0.3, 0.4) is 0 Å². The predicted molar refractivity (Wildman–Crippen MR) is 67.7 cm³/mol. The fraction of sp³-hybridized carbons (Fsp3) is 0.923. The van der Waals surface area contributed by atoms with Gasteiger partial charge in [0, 0.05) is 0 Å². The van der Waals surface area contributed by atoms with Crippen LogP contribution in [0.15, 0.2) is 0 Å². The van der Waals surface area contributed by atoms with Crippen molar-refractivity contribution in [1.82, 2.24) is 10.2 Å². The molecule has 2 atom stereocenters. The Kier molecular flexibility index (Phi) is 5.79. The first-order valence-electron chi connectivity index (χ1n) is 6.91. The molecule has 3 nitrogen and oxygen atoms in total. The summed E-state index contributed by atoms with van der Waals surface area (Å²) in [7, 11) is 0. The highest BCUT2D eigenvalue weighted by molar-refractivity contribution is 5.84. The van der Waals surface area contributed by atoms with Crippen LogP contribution in [-0.4, -0.2) is 41.9 Å². The highest BCUT2D eigenvalue weighted by Gasteiger charge is 2.48. The van der Waals surface area contributed by atoms with Crippen LogP contribution in [0.5, 0.6) is 0 Å². The van der Waals surface area contributed by atoms with Crippen LogP contribution in [-0.2, 0) is 4.79 Å². The number of rotatable bonds is 7. The molecule has 1 aliphatic heterocycles. The second-order valence-electron chi connectivity index (χ2n) is 5.68. The van der Waals surface area contributed by atoms with Gasteiger partial charge in [-0.25, -0.2) is 8.78 Å². The third-order valence-corrected chi connectivity index (χ3v) is 3.32. The van der Waals surface area contributed by atoms with Gasteiger partial charge in [-0.3, -0.25) is 10.1 Å². The molecule has 1 N–H and O–H groups in total. The Balaban J connectivity index is 2.81. The normalized spacial score (nSPS) is 24.2. The lowest BCUT2D eigenvalue weighted by Crippen LogP contribution is -2.47. The molecule has 0 radical (unpaired) electrons. The zero-order valence-electron chi connectivity index (χ0n) is 12.0. The maximum absolute atomic E-state index is 13.2. The molecule has 1 heterocycles. The summed E-state index contributed by atoms with van der Waals surface area (Å²) in [4.78, 5) is 13.0. The predicted octanol–water partition coefficient (Wildman–Crippen LogP) is 2.86. The van der Waals surface area contributed by atoms with Crippen LogP contribution in [0.4, 0.5) is 17.6 Å². The standard InChI is InChI=1S/C13H22F4N2O/c1-4-5-10-18-9(6-8(2)3)11(20)19(10)7-13(16,17)12(14)15/h8-10,12,18H,4-7H2,1-3H3. The lowest BCUT2D eigenvalue weighted by atomic mass is 10.0. The summed E-state index contributed by atoms with van der Waals surface area (Å²) in [5.41, 5.74) is 0.